The summed E-state index contributed by atoms with van der Waals surface area (Å²) in [6, 6.07) is 0. The Morgan fingerprint density at radius 3 is 2.40 bits per heavy atom. The summed E-state index contributed by atoms with van der Waals surface area (Å²) < 4.78 is 14.6. The molecule has 0 unspecified atom stereocenters. The van der Waals surface area contributed by atoms with Crippen LogP contribution in [0.1, 0.15) is 20.3 Å². The van der Waals surface area contributed by atoms with Crippen LogP contribution in [0, 0.1) is 0 Å². The lowest BCUT2D eigenvalue weighted by molar-refractivity contribution is -0.238. The van der Waals surface area contributed by atoms with Crippen molar-refractivity contribution in [3.05, 3.63) is 0 Å². The van der Waals surface area contributed by atoms with E-state index in [1.54, 1.807) is 0 Å². The fourth-order valence-electron chi connectivity index (χ4n) is 1.41. The van der Waals surface area contributed by atoms with Crippen molar-refractivity contribution in [1.29, 1.82) is 0 Å². The molecule has 1 rings (SSSR count). The second-order valence-electron chi connectivity index (χ2n) is 3.27. The Kier molecular flexibility index (Phi) is 4.05. The van der Waals surface area contributed by atoms with Crippen LogP contribution < -0.4 is 0 Å². The molecule has 1 fully saturated rings. The summed E-state index contributed by atoms with van der Waals surface area (Å²) in [7, 11) is 0. The summed E-state index contributed by atoms with van der Waals surface area (Å²) in [4.78, 5) is 21.5. The first kappa shape index (κ1) is 11.9. The Labute approximate surface area is 87.1 Å². The zero-order valence-corrected chi connectivity index (χ0v) is 8.63. The van der Waals surface area contributed by atoms with Gasteiger partial charge in [0.25, 0.3) is 0 Å². The van der Waals surface area contributed by atoms with E-state index in [0.29, 0.717) is 6.42 Å². The summed E-state index contributed by atoms with van der Waals surface area (Å²) in [5.74, 6) is -1.03. The predicted octanol–water partition coefficient (Wildman–Crippen LogP) is -0.411. The third kappa shape index (κ3) is 3.49. The van der Waals surface area contributed by atoms with E-state index in [9.17, 15) is 14.7 Å². The van der Waals surface area contributed by atoms with Crippen molar-refractivity contribution in [2.75, 3.05) is 6.61 Å². The highest BCUT2D eigenvalue weighted by molar-refractivity contribution is 5.67. The molecule has 15 heavy (non-hydrogen) atoms. The number of aliphatic hydroxyl groups excluding tert-OH is 1. The lowest BCUT2D eigenvalue weighted by Crippen LogP contribution is -2.48. The molecule has 0 aromatic heterocycles. The van der Waals surface area contributed by atoms with Crippen LogP contribution in [-0.4, -0.2) is 42.1 Å². The Morgan fingerprint density at radius 1 is 1.27 bits per heavy atom. The van der Waals surface area contributed by atoms with Crippen molar-refractivity contribution in [2.45, 2.75) is 38.8 Å². The number of hydrogen-bond acceptors (Lipinski definition) is 6. The maximum absolute atomic E-state index is 10.8. The normalized spacial score (nSPS) is 30.7. The van der Waals surface area contributed by atoms with Crippen LogP contribution in [0.15, 0.2) is 0 Å². The van der Waals surface area contributed by atoms with Crippen molar-refractivity contribution < 1.29 is 28.9 Å². The Balaban J connectivity index is 2.63. The van der Waals surface area contributed by atoms with Gasteiger partial charge in [-0.1, -0.05) is 0 Å². The van der Waals surface area contributed by atoms with E-state index < -0.39 is 30.4 Å². The zero-order valence-electron chi connectivity index (χ0n) is 8.63. The predicted molar refractivity (Wildman–Crippen MR) is 47.7 cm³/mol. The van der Waals surface area contributed by atoms with Crippen molar-refractivity contribution in [2.24, 2.45) is 0 Å². The molecule has 0 aromatic carbocycles. The van der Waals surface area contributed by atoms with Crippen LogP contribution in [0.4, 0.5) is 0 Å². The Bertz CT molecular complexity index is 251. The monoisotopic (exact) mass is 218 g/mol. The van der Waals surface area contributed by atoms with Gasteiger partial charge in [-0.05, 0) is 0 Å². The second kappa shape index (κ2) is 5.09. The second-order valence-corrected chi connectivity index (χ2v) is 3.27. The zero-order chi connectivity index (χ0) is 11.4. The van der Waals surface area contributed by atoms with Gasteiger partial charge in [0.1, 0.15) is 6.10 Å². The van der Waals surface area contributed by atoms with Gasteiger partial charge < -0.3 is 19.3 Å². The number of rotatable bonds is 2. The number of hydrogen-bond donors (Lipinski definition) is 1. The lowest BCUT2D eigenvalue weighted by atomic mass is 10.1. The molecule has 0 radical (unpaired) electrons. The van der Waals surface area contributed by atoms with Crippen molar-refractivity contribution in [3.63, 3.8) is 0 Å². The minimum Gasteiger partial charge on any atom is -0.458 e. The maximum Gasteiger partial charge on any atom is 0.303 e. The Hall–Kier alpha value is -1.14. The van der Waals surface area contributed by atoms with E-state index in [-0.39, 0.29) is 6.61 Å². The van der Waals surface area contributed by atoms with Gasteiger partial charge in [0.15, 0.2) is 12.4 Å². The smallest absolute Gasteiger partial charge is 0.303 e. The molecule has 6 nitrogen and oxygen atoms in total. The first-order chi connectivity index (χ1) is 7.00. The van der Waals surface area contributed by atoms with Gasteiger partial charge in [0.2, 0.25) is 0 Å². The topological polar surface area (TPSA) is 82.1 Å². The maximum atomic E-state index is 10.8. The lowest BCUT2D eigenvalue weighted by Gasteiger charge is -2.33. The minimum atomic E-state index is -1.24. The van der Waals surface area contributed by atoms with Crippen LogP contribution in [0.5, 0.6) is 0 Å². The number of aliphatic hydroxyl groups is 1. The molecule has 0 amide bonds. The molecule has 1 aliphatic rings. The van der Waals surface area contributed by atoms with E-state index in [1.165, 1.54) is 13.8 Å². The molecule has 86 valence electrons. The van der Waals surface area contributed by atoms with Gasteiger partial charge in [-0.3, -0.25) is 9.59 Å². The molecule has 0 aliphatic carbocycles. The van der Waals surface area contributed by atoms with E-state index in [0.717, 1.165) is 0 Å². The number of carbonyl (C=O) groups excluding carboxylic acids is 2. The summed E-state index contributed by atoms with van der Waals surface area (Å²) in [5, 5.41) is 9.41. The summed E-state index contributed by atoms with van der Waals surface area (Å²) >= 11 is 0. The average Bonchev–Trinajstić information content (AvgIpc) is 2.09. The van der Waals surface area contributed by atoms with Gasteiger partial charge in [0.05, 0.1) is 6.61 Å². The summed E-state index contributed by atoms with van der Waals surface area (Å²) in [5.41, 5.74) is 0. The van der Waals surface area contributed by atoms with E-state index >= 15 is 0 Å². The van der Waals surface area contributed by atoms with Crippen molar-refractivity contribution in [3.8, 4) is 0 Å². The molecule has 0 aromatic rings. The van der Waals surface area contributed by atoms with Crippen molar-refractivity contribution in [1.82, 2.24) is 0 Å². The fourth-order valence-corrected chi connectivity index (χ4v) is 1.41. The van der Waals surface area contributed by atoms with E-state index in [2.05, 4.69) is 0 Å². The molecule has 1 saturated heterocycles. The molecular formula is C9H14O6. The van der Waals surface area contributed by atoms with Crippen LogP contribution >= 0.6 is 0 Å². The number of esters is 2. The molecule has 6 heteroatoms. The van der Waals surface area contributed by atoms with Gasteiger partial charge in [-0.2, -0.15) is 0 Å². The van der Waals surface area contributed by atoms with Gasteiger partial charge >= 0.3 is 11.9 Å². The molecule has 3 atom stereocenters. The highest BCUT2D eigenvalue weighted by Crippen LogP contribution is 2.19. The highest BCUT2D eigenvalue weighted by atomic mass is 16.7. The van der Waals surface area contributed by atoms with E-state index in [1.807, 2.05) is 0 Å². The molecule has 0 bridgehead atoms. The first-order valence-electron chi connectivity index (χ1n) is 4.65. The fraction of sp³-hybridized carbons (Fsp3) is 0.778. The third-order valence-corrected chi connectivity index (χ3v) is 1.96. The molecule has 0 spiro atoms. The summed E-state index contributed by atoms with van der Waals surface area (Å²) in [6.07, 6.45) is -2.43. The van der Waals surface area contributed by atoms with Crippen LogP contribution in [0.25, 0.3) is 0 Å². The highest BCUT2D eigenvalue weighted by Gasteiger charge is 2.37. The molecule has 1 N–H and O–H groups in total. The quantitative estimate of drug-likeness (QED) is 0.634. The minimum absolute atomic E-state index is 0.261. The van der Waals surface area contributed by atoms with Gasteiger partial charge in [-0.25, -0.2) is 0 Å². The number of ether oxygens (including phenoxy) is 3. The van der Waals surface area contributed by atoms with Crippen LogP contribution in [0.3, 0.4) is 0 Å². The molecule has 0 saturated carbocycles. The van der Waals surface area contributed by atoms with Gasteiger partial charge in [-0.15, -0.1) is 0 Å². The molecular weight excluding hydrogens is 204 g/mol. The van der Waals surface area contributed by atoms with Crippen LogP contribution in [-0.2, 0) is 23.8 Å². The number of carbonyl (C=O) groups is 2. The third-order valence-electron chi connectivity index (χ3n) is 1.96. The summed E-state index contributed by atoms with van der Waals surface area (Å²) in [6.45, 7) is 2.73. The van der Waals surface area contributed by atoms with Crippen molar-refractivity contribution >= 4 is 11.9 Å². The SMILES string of the molecule is CC(=O)O[C@@H]1[C@@H](OC(C)=O)CCO[C@@H]1O. The first-order valence-corrected chi connectivity index (χ1v) is 4.65. The van der Waals surface area contributed by atoms with Crippen LogP contribution in [0.2, 0.25) is 0 Å². The molecule has 1 heterocycles. The van der Waals surface area contributed by atoms with Gasteiger partial charge in [0, 0.05) is 20.3 Å². The largest absolute Gasteiger partial charge is 0.458 e. The average molecular weight is 218 g/mol. The Morgan fingerprint density at radius 2 is 1.87 bits per heavy atom. The van der Waals surface area contributed by atoms with E-state index in [4.69, 9.17) is 14.2 Å². The standard InChI is InChI=1S/C9H14O6/c1-5(10)14-7-3-4-13-9(12)8(7)15-6(2)11/h7-9,12H,3-4H2,1-2H3/t7-,8+,9-/m0/s1. The molecule has 1 aliphatic heterocycles.